The molecule has 0 bridgehead atoms. The lowest BCUT2D eigenvalue weighted by molar-refractivity contribution is -0.385. The van der Waals surface area contributed by atoms with Gasteiger partial charge >= 0.3 is 0 Å². The largest absolute Gasteiger partial charge is 0.497 e. The van der Waals surface area contributed by atoms with E-state index in [-0.39, 0.29) is 17.0 Å². The molecule has 10 heteroatoms. The molecule has 2 rings (SSSR count). The Kier molecular flexibility index (Phi) is 4.96. The topological polar surface area (TPSA) is 126 Å². The van der Waals surface area contributed by atoms with Crippen molar-refractivity contribution in [2.24, 2.45) is 0 Å². The van der Waals surface area contributed by atoms with Gasteiger partial charge in [-0.25, -0.2) is 0 Å². The number of hydrogen-bond donors (Lipinski definition) is 3. The van der Waals surface area contributed by atoms with E-state index in [0.29, 0.717) is 4.47 Å². The van der Waals surface area contributed by atoms with Crippen LogP contribution in [0, 0.1) is 10.1 Å². The highest BCUT2D eigenvalue weighted by molar-refractivity contribution is 9.10. The van der Waals surface area contributed by atoms with Gasteiger partial charge in [-0.15, -0.1) is 0 Å². The zero-order valence-corrected chi connectivity index (χ0v) is 13.3. The summed E-state index contributed by atoms with van der Waals surface area (Å²) >= 11 is 3.17. The average molecular weight is 383 g/mol. The van der Waals surface area contributed by atoms with Gasteiger partial charge in [0.1, 0.15) is 17.0 Å². The van der Waals surface area contributed by atoms with Crippen LogP contribution in [-0.2, 0) is 0 Å². The Balaban J connectivity index is 2.14. The highest BCUT2D eigenvalue weighted by Gasteiger charge is 2.21. The molecule has 120 valence electrons. The highest BCUT2D eigenvalue weighted by atomic mass is 79.9. The monoisotopic (exact) mass is 382 g/mol. The minimum absolute atomic E-state index is 0.206. The molecule has 2 amide bonds. The third-order valence-electron chi connectivity index (χ3n) is 2.83. The number of rotatable bonds is 4. The number of hydrazine groups is 1. The molecule has 0 saturated carbocycles. The number of amides is 2. The molecule has 0 radical (unpaired) electrons. The van der Waals surface area contributed by atoms with E-state index in [9.17, 15) is 19.7 Å². The maximum Gasteiger partial charge on any atom is 0.286 e. The van der Waals surface area contributed by atoms with E-state index in [0.717, 1.165) is 6.07 Å². The van der Waals surface area contributed by atoms with Crippen LogP contribution in [0.4, 0.5) is 5.69 Å². The van der Waals surface area contributed by atoms with Crippen molar-refractivity contribution in [1.82, 2.24) is 15.8 Å². The summed E-state index contributed by atoms with van der Waals surface area (Å²) in [5, 5.41) is 11.0. The van der Waals surface area contributed by atoms with Crippen molar-refractivity contribution in [3.05, 3.63) is 56.3 Å². The minimum atomic E-state index is -0.838. The summed E-state index contributed by atoms with van der Waals surface area (Å²) in [6.45, 7) is 0. The summed E-state index contributed by atoms with van der Waals surface area (Å²) in [4.78, 5) is 36.8. The number of nitrogens with one attached hydrogen (secondary N) is 3. The molecular weight excluding hydrogens is 372 g/mol. The lowest BCUT2D eigenvalue weighted by atomic mass is 10.1. The first-order valence-corrected chi connectivity index (χ1v) is 6.98. The van der Waals surface area contributed by atoms with Crippen LogP contribution in [0.15, 0.2) is 34.9 Å². The number of nitro benzene ring substituents is 1. The van der Waals surface area contributed by atoms with Gasteiger partial charge in [0.15, 0.2) is 0 Å². The van der Waals surface area contributed by atoms with Crippen LogP contribution in [-0.4, -0.2) is 28.8 Å². The molecular formula is C13H11BrN4O5. The Morgan fingerprint density at radius 2 is 1.96 bits per heavy atom. The molecule has 1 aromatic heterocycles. The van der Waals surface area contributed by atoms with Crippen LogP contribution in [0.2, 0.25) is 0 Å². The Hall–Kier alpha value is -2.88. The fourth-order valence-electron chi connectivity index (χ4n) is 1.73. The molecule has 9 nitrogen and oxygen atoms in total. The van der Waals surface area contributed by atoms with Crippen LogP contribution >= 0.6 is 15.9 Å². The van der Waals surface area contributed by atoms with Gasteiger partial charge in [0.2, 0.25) is 0 Å². The Labute approximate surface area is 138 Å². The van der Waals surface area contributed by atoms with Crippen LogP contribution in [0.5, 0.6) is 5.75 Å². The number of aromatic amines is 1. The first kappa shape index (κ1) is 16.5. The second-order valence-electron chi connectivity index (χ2n) is 4.28. The number of ether oxygens (including phenoxy) is 1. The number of carbonyl (C=O) groups excluding carboxylic acids is 2. The third kappa shape index (κ3) is 3.86. The lowest BCUT2D eigenvalue weighted by Crippen LogP contribution is -2.42. The van der Waals surface area contributed by atoms with Crippen LogP contribution in [0.1, 0.15) is 20.8 Å². The van der Waals surface area contributed by atoms with Gasteiger partial charge in [-0.2, -0.15) is 0 Å². The van der Waals surface area contributed by atoms with Gasteiger partial charge in [-0.1, -0.05) is 0 Å². The summed E-state index contributed by atoms with van der Waals surface area (Å²) in [5.74, 6) is -1.16. The van der Waals surface area contributed by atoms with Crippen molar-refractivity contribution in [2.75, 3.05) is 7.11 Å². The van der Waals surface area contributed by atoms with E-state index in [4.69, 9.17) is 4.74 Å². The van der Waals surface area contributed by atoms with Gasteiger partial charge in [-0.3, -0.25) is 30.6 Å². The maximum atomic E-state index is 12.1. The van der Waals surface area contributed by atoms with Crippen LogP contribution < -0.4 is 15.6 Å². The van der Waals surface area contributed by atoms with Crippen LogP contribution in [0.25, 0.3) is 0 Å². The number of benzene rings is 1. The second-order valence-corrected chi connectivity index (χ2v) is 5.20. The van der Waals surface area contributed by atoms with E-state index >= 15 is 0 Å². The smallest absolute Gasteiger partial charge is 0.286 e. The highest BCUT2D eigenvalue weighted by Crippen LogP contribution is 2.23. The van der Waals surface area contributed by atoms with E-state index in [2.05, 4.69) is 31.8 Å². The first-order chi connectivity index (χ1) is 10.9. The molecule has 0 unspecified atom stereocenters. The molecule has 0 aliphatic heterocycles. The van der Waals surface area contributed by atoms with E-state index in [1.807, 2.05) is 0 Å². The standard InChI is InChI=1S/C13H11BrN4O5/c1-23-8-2-3-11(18(21)22)9(5-8)12(19)16-17-13(20)10-4-7(14)6-15-10/h2-6,15H,1H3,(H,16,19)(H,17,20). The fraction of sp³-hybridized carbons (Fsp3) is 0.0769. The lowest BCUT2D eigenvalue weighted by Gasteiger charge is -2.08. The molecule has 23 heavy (non-hydrogen) atoms. The summed E-state index contributed by atoms with van der Waals surface area (Å²) in [5.41, 5.74) is 3.85. The zero-order valence-electron chi connectivity index (χ0n) is 11.8. The molecule has 1 heterocycles. The molecule has 1 aromatic carbocycles. The van der Waals surface area contributed by atoms with Crippen molar-refractivity contribution >= 4 is 33.4 Å². The number of nitro groups is 1. The van der Waals surface area contributed by atoms with Gasteiger partial charge < -0.3 is 9.72 Å². The van der Waals surface area contributed by atoms with Crippen molar-refractivity contribution in [3.8, 4) is 5.75 Å². The average Bonchev–Trinajstić information content (AvgIpc) is 2.98. The SMILES string of the molecule is COc1ccc([N+](=O)[O-])c(C(=O)NNC(=O)c2cc(Br)c[nH]2)c1. The van der Waals surface area contributed by atoms with Crippen LogP contribution in [0.3, 0.4) is 0 Å². The second kappa shape index (κ2) is 6.92. The summed E-state index contributed by atoms with van der Waals surface area (Å²) in [6, 6.07) is 5.24. The molecule has 0 atom stereocenters. The maximum absolute atomic E-state index is 12.1. The van der Waals surface area contributed by atoms with Gasteiger partial charge in [0.25, 0.3) is 17.5 Å². The quantitative estimate of drug-likeness (QED) is 0.548. The number of carbonyl (C=O) groups is 2. The van der Waals surface area contributed by atoms with Gasteiger partial charge in [0, 0.05) is 16.7 Å². The minimum Gasteiger partial charge on any atom is -0.497 e. The normalized spacial score (nSPS) is 10.0. The Morgan fingerprint density at radius 3 is 2.52 bits per heavy atom. The van der Waals surface area contributed by atoms with Crippen molar-refractivity contribution in [3.63, 3.8) is 0 Å². The number of aromatic nitrogens is 1. The summed E-state index contributed by atoms with van der Waals surface area (Å²) in [7, 11) is 1.37. The van der Waals surface area contributed by atoms with Crippen molar-refractivity contribution in [2.45, 2.75) is 0 Å². The van der Waals surface area contributed by atoms with E-state index < -0.39 is 22.4 Å². The molecule has 0 fully saturated rings. The van der Waals surface area contributed by atoms with Gasteiger partial charge in [0.05, 0.1) is 12.0 Å². The number of methoxy groups -OCH3 is 1. The third-order valence-corrected chi connectivity index (χ3v) is 3.28. The van der Waals surface area contributed by atoms with Crippen molar-refractivity contribution in [1.29, 1.82) is 0 Å². The Morgan fingerprint density at radius 1 is 1.26 bits per heavy atom. The molecule has 3 N–H and O–H groups in total. The number of nitrogens with zero attached hydrogens (tertiary/aromatic N) is 1. The molecule has 0 spiro atoms. The Bertz CT molecular complexity index is 773. The fourth-order valence-corrected chi connectivity index (χ4v) is 2.07. The predicted octanol–water partition coefficient (Wildman–Crippen LogP) is 1.77. The van der Waals surface area contributed by atoms with Crippen molar-refractivity contribution < 1.29 is 19.2 Å². The van der Waals surface area contributed by atoms with Gasteiger partial charge in [-0.05, 0) is 34.1 Å². The molecule has 0 aliphatic rings. The zero-order chi connectivity index (χ0) is 17.0. The predicted molar refractivity (Wildman–Crippen MR) is 83.1 cm³/mol. The summed E-state index contributed by atoms with van der Waals surface area (Å²) in [6.07, 6.45) is 1.55. The van der Waals surface area contributed by atoms with E-state index in [1.54, 1.807) is 6.20 Å². The number of H-pyrrole nitrogens is 1. The number of hydrogen-bond acceptors (Lipinski definition) is 5. The number of halogens is 1. The summed E-state index contributed by atoms with van der Waals surface area (Å²) < 4.78 is 5.60. The molecule has 0 aliphatic carbocycles. The molecule has 0 saturated heterocycles. The first-order valence-electron chi connectivity index (χ1n) is 6.19. The molecule has 2 aromatic rings. The van der Waals surface area contributed by atoms with E-state index in [1.165, 1.54) is 25.3 Å².